The predicted molar refractivity (Wildman–Crippen MR) is 135 cm³/mol. The minimum atomic E-state index is 0.242. The van der Waals surface area contributed by atoms with Gasteiger partial charge in [-0.05, 0) is 77.4 Å². The highest BCUT2D eigenvalue weighted by atomic mass is 16.5. The van der Waals surface area contributed by atoms with E-state index in [2.05, 4.69) is 103 Å². The molecule has 4 aromatic rings. The molecule has 1 aliphatic rings. The van der Waals surface area contributed by atoms with E-state index in [0.717, 1.165) is 17.9 Å². The van der Waals surface area contributed by atoms with E-state index in [9.17, 15) is 0 Å². The number of rotatable bonds is 2. The molecule has 5 rings (SSSR count). The summed E-state index contributed by atoms with van der Waals surface area (Å²) in [7, 11) is 2.14. The van der Waals surface area contributed by atoms with Gasteiger partial charge < -0.3 is 4.74 Å². The van der Waals surface area contributed by atoms with Crippen molar-refractivity contribution in [3.63, 3.8) is 0 Å². The fraction of sp³-hybridized carbons (Fsp3) is 0.367. The van der Waals surface area contributed by atoms with Crippen LogP contribution in [0.5, 0.6) is 11.5 Å². The van der Waals surface area contributed by atoms with Gasteiger partial charge in [0.05, 0.1) is 5.56 Å². The Morgan fingerprint density at radius 3 is 2.41 bits per heavy atom. The molecule has 0 atom stereocenters. The molecule has 0 bridgehead atoms. The van der Waals surface area contributed by atoms with Crippen molar-refractivity contribution in [2.75, 3.05) is 0 Å². The standard InChI is InChI=1S/C30H34NO/c1-17(2)22-13-23-11-18(3)19(4)26-27(23)25(14-22)32-29-24-12-20(15-30(5,6)7)9-10-21(24)16-31(8)28(26)29/h9-14,16-17H,15H2,1-8H3/q+1. The SMILES string of the molecule is Cc1cc2cc(C(C)C)cc3c2c(c1C)-c1c(c2cc(CC(C)(C)C)ccc2c[n+]1C)O3. The second-order valence-corrected chi connectivity index (χ2v) is 11.1. The largest absolute Gasteiger partial charge is 0.449 e. The molecule has 2 nitrogen and oxygen atoms in total. The van der Waals surface area contributed by atoms with Gasteiger partial charge in [0.25, 0.3) is 5.69 Å². The molecule has 3 aromatic carbocycles. The summed E-state index contributed by atoms with van der Waals surface area (Å²) >= 11 is 0. The Balaban J connectivity index is 1.87. The smallest absolute Gasteiger partial charge is 0.257 e. The molecule has 0 N–H and O–H groups in total. The fourth-order valence-corrected chi connectivity index (χ4v) is 5.18. The topological polar surface area (TPSA) is 13.1 Å². The Bertz CT molecular complexity index is 1400. The molecule has 0 amide bonds. The lowest BCUT2D eigenvalue weighted by Crippen LogP contribution is -2.32. The third kappa shape index (κ3) is 3.28. The van der Waals surface area contributed by atoms with Gasteiger partial charge in [-0.1, -0.05) is 52.8 Å². The van der Waals surface area contributed by atoms with Gasteiger partial charge in [0.2, 0.25) is 5.75 Å². The summed E-state index contributed by atoms with van der Waals surface area (Å²) in [6, 6.07) is 13.8. The van der Waals surface area contributed by atoms with Crippen LogP contribution in [0.2, 0.25) is 0 Å². The van der Waals surface area contributed by atoms with Crippen molar-refractivity contribution in [1.82, 2.24) is 0 Å². The number of fused-ring (bicyclic) bond motifs is 4. The van der Waals surface area contributed by atoms with Crippen LogP contribution in [0.3, 0.4) is 0 Å². The quantitative estimate of drug-likeness (QED) is 0.262. The number of hydrogen-bond donors (Lipinski definition) is 0. The zero-order valence-corrected chi connectivity index (χ0v) is 20.7. The minimum Gasteiger partial charge on any atom is -0.449 e. The predicted octanol–water partition coefficient (Wildman–Crippen LogP) is 7.92. The third-order valence-electron chi connectivity index (χ3n) is 6.86. The number of hydrogen-bond acceptors (Lipinski definition) is 1. The summed E-state index contributed by atoms with van der Waals surface area (Å²) in [5.74, 6) is 2.43. The summed E-state index contributed by atoms with van der Waals surface area (Å²) in [4.78, 5) is 0. The van der Waals surface area contributed by atoms with Gasteiger partial charge in [-0.15, -0.1) is 0 Å². The summed E-state index contributed by atoms with van der Waals surface area (Å²) in [5.41, 5.74) is 8.08. The number of benzene rings is 3. The monoisotopic (exact) mass is 424 g/mol. The molecule has 0 saturated heterocycles. The zero-order chi connectivity index (χ0) is 22.9. The summed E-state index contributed by atoms with van der Waals surface area (Å²) < 4.78 is 9.05. The lowest BCUT2D eigenvalue weighted by molar-refractivity contribution is -0.659. The van der Waals surface area contributed by atoms with Gasteiger partial charge in [0.1, 0.15) is 12.8 Å². The Hall–Kier alpha value is -2.87. The molecule has 0 radical (unpaired) electrons. The average Bonchev–Trinajstić information content (AvgIpc) is 2.70. The first-order valence-electron chi connectivity index (χ1n) is 11.7. The van der Waals surface area contributed by atoms with E-state index < -0.39 is 0 Å². The van der Waals surface area contributed by atoms with Crippen molar-refractivity contribution >= 4 is 21.5 Å². The molecule has 0 saturated carbocycles. The van der Waals surface area contributed by atoms with Crippen LogP contribution in [-0.2, 0) is 13.5 Å². The maximum absolute atomic E-state index is 6.79. The van der Waals surface area contributed by atoms with E-state index in [4.69, 9.17) is 4.74 Å². The van der Waals surface area contributed by atoms with Crippen LogP contribution in [0, 0.1) is 19.3 Å². The summed E-state index contributed by atoms with van der Waals surface area (Å²) in [6.45, 7) is 15.9. The van der Waals surface area contributed by atoms with Gasteiger partial charge in [-0.3, -0.25) is 0 Å². The minimum absolute atomic E-state index is 0.242. The molecule has 164 valence electrons. The van der Waals surface area contributed by atoms with E-state index >= 15 is 0 Å². The highest BCUT2D eigenvalue weighted by Crippen LogP contribution is 2.50. The average molecular weight is 425 g/mol. The first kappa shape index (κ1) is 21.0. The van der Waals surface area contributed by atoms with Crippen LogP contribution in [0.4, 0.5) is 0 Å². The Morgan fingerprint density at radius 2 is 1.72 bits per heavy atom. The van der Waals surface area contributed by atoms with Crippen LogP contribution in [0.25, 0.3) is 32.8 Å². The maximum atomic E-state index is 6.79. The molecular weight excluding hydrogens is 390 g/mol. The summed E-state index contributed by atoms with van der Waals surface area (Å²) in [5, 5.41) is 4.94. The van der Waals surface area contributed by atoms with Crippen molar-refractivity contribution in [2.45, 2.75) is 60.8 Å². The lowest BCUT2D eigenvalue weighted by atomic mass is 9.86. The number of ether oxygens (including phenoxy) is 1. The molecule has 32 heavy (non-hydrogen) atoms. The van der Waals surface area contributed by atoms with Gasteiger partial charge in [-0.2, -0.15) is 4.57 Å². The van der Waals surface area contributed by atoms with E-state index in [1.807, 2.05) is 0 Å². The van der Waals surface area contributed by atoms with Gasteiger partial charge in [-0.25, -0.2) is 0 Å². The van der Waals surface area contributed by atoms with Crippen LogP contribution in [0.1, 0.15) is 62.8 Å². The van der Waals surface area contributed by atoms with Crippen LogP contribution >= 0.6 is 0 Å². The number of nitrogens with zero attached hydrogens (tertiary/aromatic N) is 1. The van der Waals surface area contributed by atoms with Gasteiger partial charge >= 0.3 is 0 Å². The lowest BCUT2D eigenvalue weighted by Gasteiger charge is -2.24. The first-order valence-corrected chi connectivity index (χ1v) is 11.7. The Kier molecular flexibility index (Phi) is 4.64. The Labute approximate surface area is 191 Å². The normalized spacial score (nSPS) is 13.0. The third-order valence-corrected chi connectivity index (χ3v) is 6.86. The second-order valence-electron chi connectivity index (χ2n) is 11.1. The van der Waals surface area contributed by atoms with Crippen molar-refractivity contribution < 1.29 is 9.30 Å². The molecule has 0 fully saturated rings. The van der Waals surface area contributed by atoms with Gasteiger partial charge in [0.15, 0.2) is 6.20 Å². The van der Waals surface area contributed by atoms with E-state index in [1.54, 1.807) is 0 Å². The molecular formula is C30H34NO+. The van der Waals surface area contributed by atoms with Crippen LogP contribution in [0.15, 0.2) is 42.6 Å². The number of aromatic nitrogens is 1. The number of pyridine rings is 1. The van der Waals surface area contributed by atoms with Crippen molar-refractivity contribution in [3.8, 4) is 22.8 Å². The van der Waals surface area contributed by atoms with Crippen LogP contribution < -0.4 is 9.30 Å². The molecule has 1 aromatic heterocycles. The molecule has 2 heteroatoms. The highest BCUT2D eigenvalue weighted by Gasteiger charge is 2.32. The highest BCUT2D eigenvalue weighted by molar-refractivity contribution is 6.07. The molecule has 0 unspecified atom stereocenters. The molecule has 1 aliphatic heterocycles. The zero-order valence-electron chi connectivity index (χ0n) is 20.7. The fourth-order valence-electron chi connectivity index (χ4n) is 5.18. The molecule has 2 heterocycles. The van der Waals surface area contributed by atoms with E-state index in [-0.39, 0.29) is 5.41 Å². The molecule has 0 spiro atoms. The second kappa shape index (κ2) is 7.07. The van der Waals surface area contributed by atoms with Gasteiger partial charge in [0, 0.05) is 16.2 Å². The number of aryl methyl sites for hydroxylation is 2. The van der Waals surface area contributed by atoms with E-state index in [0.29, 0.717) is 5.92 Å². The molecule has 0 aliphatic carbocycles. The maximum Gasteiger partial charge on any atom is 0.257 e. The summed E-state index contributed by atoms with van der Waals surface area (Å²) in [6.07, 6.45) is 3.29. The van der Waals surface area contributed by atoms with Crippen LogP contribution in [-0.4, -0.2) is 0 Å². The Morgan fingerprint density at radius 1 is 0.969 bits per heavy atom. The van der Waals surface area contributed by atoms with E-state index in [1.165, 1.54) is 55.1 Å². The van der Waals surface area contributed by atoms with Crippen molar-refractivity contribution in [2.24, 2.45) is 12.5 Å². The van der Waals surface area contributed by atoms with Crippen molar-refractivity contribution in [3.05, 3.63) is 64.8 Å². The van der Waals surface area contributed by atoms with Crippen molar-refractivity contribution in [1.29, 1.82) is 0 Å². The first-order chi connectivity index (χ1) is 15.0.